The van der Waals surface area contributed by atoms with Crippen LogP contribution in [0.5, 0.6) is 0 Å². The molecule has 1 fully saturated rings. The highest BCUT2D eigenvalue weighted by Gasteiger charge is 2.20. The van der Waals surface area contributed by atoms with E-state index in [0.717, 1.165) is 12.0 Å². The number of carbonyl (C=O) groups is 1. The summed E-state index contributed by atoms with van der Waals surface area (Å²) >= 11 is 0. The Morgan fingerprint density at radius 3 is 3.00 bits per heavy atom. The molecule has 2 N–H and O–H groups in total. The number of hydroxylamine groups is 2. The lowest BCUT2D eigenvalue weighted by atomic mass is 10.2. The van der Waals surface area contributed by atoms with Gasteiger partial charge in [0.15, 0.2) is 0 Å². The lowest BCUT2D eigenvalue weighted by molar-refractivity contribution is -0.182. The molecular weight excluding hydrogens is 192 g/mol. The zero-order valence-corrected chi connectivity index (χ0v) is 8.48. The molecule has 0 aliphatic carbocycles. The van der Waals surface area contributed by atoms with E-state index in [0.29, 0.717) is 25.3 Å². The van der Waals surface area contributed by atoms with Crippen LogP contribution >= 0.6 is 0 Å². The van der Waals surface area contributed by atoms with Gasteiger partial charge in [-0.15, -0.1) is 0 Å². The maximum atomic E-state index is 11.2. The molecule has 4 nitrogen and oxygen atoms in total. The highest BCUT2D eigenvalue weighted by atomic mass is 16.7. The topological polar surface area (TPSA) is 55.6 Å². The molecule has 4 heteroatoms. The Hall–Kier alpha value is -1.55. The quantitative estimate of drug-likeness (QED) is 0.759. The highest BCUT2D eigenvalue weighted by Crippen LogP contribution is 2.13. The fourth-order valence-corrected chi connectivity index (χ4v) is 1.60. The summed E-state index contributed by atoms with van der Waals surface area (Å²) < 4.78 is 0. The van der Waals surface area contributed by atoms with Gasteiger partial charge in [0.05, 0.1) is 0 Å². The standard InChI is InChI=1S/C11H14N2O2/c12-10-4-1-3-9(7-10)8-15-13-6-2-5-11(13)14/h1,3-4,7H,2,5-6,8,12H2. The summed E-state index contributed by atoms with van der Waals surface area (Å²) in [5.74, 6) is 0.0684. The molecule has 0 atom stereocenters. The fourth-order valence-electron chi connectivity index (χ4n) is 1.60. The molecule has 1 aliphatic heterocycles. The number of nitrogen functional groups attached to an aromatic ring is 1. The fraction of sp³-hybridized carbons (Fsp3) is 0.364. The molecule has 80 valence electrons. The third-order valence-electron chi connectivity index (χ3n) is 2.37. The monoisotopic (exact) mass is 206 g/mol. The second kappa shape index (κ2) is 4.31. The minimum Gasteiger partial charge on any atom is -0.399 e. The van der Waals surface area contributed by atoms with Crippen molar-refractivity contribution in [1.29, 1.82) is 0 Å². The van der Waals surface area contributed by atoms with Crippen LogP contribution in [0.15, 0.2) is 24.3 Å². The van der Waals surface area contributed by atoms with E-state index in [1.807, 2.05) is 24.3 Å². The van der Waals surface area contributed by atoms with Crippen LogP contribution in [-0.2, 0) is 16.2 Å². The first-order chi connectivity index (χ1) is 7.25. The molecule has 0 spiro atoms. The smallest absolute Gasteiger partial charge is 0.246 e. The Labute approximate surface area is 88.6 Å². The van der Waals surface area contributed by atoms with Crippen molar-refractivity contribution in [2.45, 2.75) is 19.4 Å². The van der Waals surface area contributed by atoms with Gasteiger partial charge in [-0.25, -0.2) is 5.06 Å². The Bertz CT molecular complexity index is 365. The van der Waals surface area contributed by atoms with Crippen molar-refractivity contribution in [2.75, 3.05) is 12.3 Å². The summed E-state index contributed by atoms with van der Waals surface area (Å²) in [6, 6.07) is 7.47. The normalized spacial score (nSPS) is 16.0. The molecule has 0 aromatic heterocycles. The first-order valence-corrected chi connectivity index (χ1v) is 5.03. The van der Waals surface area contributed by atoms with E-state index in [9.17, 15) is 4.79 Å². The van der Waals surface area contributed by atoms with Crippen molar-refractivity contribution >= 4 is 11.6 Å². The zero-order valence-electron chi connectivity index (χ0n) is 8.48. The summed E-state index contributed by atoms with van der Waals surface area (Å²) in [5.41, 5.74) is 7.33. The summed E-state index contributed by atoms with van der Waals surface area (Å²) in [4.78, 5) is 16.6. The van der Waals surface area contributed by atoms with Gasteiger partial charge in [-0.3, -0.25) is 9.63 Å². The third kappa shape index (κ3) is 2.47. The van der Waals surface area contributed by atoms with Gasteiger partial charge in [-0.05, 0) is 24.1 Å². The number of rotatable bonds is 3. The number of hydrogen-bond acceptors (Lipinski definition) is 3. The van der Waals surface area contributed by atoms with Crippen LogP contribution in [0.3, 0.4) is 0 Å². The largest absolute Gasteiger partial charge is 0.399 e. The molecule has 1 aromatic rings. The number of carbonyl (C=O) groups excluding carboxylic acids is 1. The summed E-state index contributed by atoms with van der Waals surface area (Å²) in [5, 5.41) is 1.43. The molecule has 1 saturated heterocycles. The number of nitrogens with zero attached hydrogens (tertiary/aromatic N) is 1. The van der Waals surface area contributed by atoms with E-state index >= 15 is 0 Å². The van der Waals surface area contributed by atoms with Gasteiger partial charge >= 0.3 is 0 Å². The van der Waals surface area contributed by atoms with Crippen LogP contribution in [0.1, 0.15) is 18.4 Å². The Morgan fingerprint density at radius 2 is 2.33 bits per heavy atom. The van der Waals surface area contributed by atoms with Gasteiger partial charge in [0.25, 0.3) is 0 Å². The summed E-state index contributed by atoms with van der Waals surface area (Å²) in [6.45, 7) is 1.10. The third-order valence-corrected chi connectivity index (χ3v) is 2.37. The van der Waals surface area contributed by atoms with Crippen molar-refractivity contribution in [2.24, 2.45) is 0 Å². The van der Waals surface area contributed by atoms with E-state index in [1.54, 1.807) is 0 Å². The minimum atomic E-state index is 0.0684. The number of hydrogen-bond donors (Lipinski definition) is 1. The summed E-state index contributed by atoms with van der Waals surface area (Å²) in [7, 11) is 0. The molecule has 1 heterocycles. The van der Waals surface area contributed by atoms with E-state index in [2.05, 4.69) is 0 Å². The molecule has 0 radical (unpaired) electrons. The lowest BCUT2D eigenvalue weighted by Crippen LogP contribution is -2.24. The second-order valence-corrected chi connectivity index (χ2v) is 3.62. The minimum absolute atomic E-state index is 0.0684. The molecule has 15 heavy (non-hydrogen) atoms. The van der Waals surface area contributed by atoms with Crippen LogP contribution in [0.25, 0.3) is 0 Å². The average Bonchev–Trinajstić information content (AvgIpc) is 2.61. The van der Waals surface area contributed by atoms with Gasteiger partial charge in [-0.2, -0.15) is 0 Å². The molecule has 1 aromatic carbocycles. The van der Waals surface area contributed by atoms with Crippen LogP contribution < -0.4 is 5.73 Å². The van der Waals surface area contributed by atoms with Gasteiger partial charge in [-0.1, -0.05) is 12.1 Å². The van der Waals surface area contributed by atoms with Gasteiger partial charge in [0, 0.05) is 18.7 Å². The van der Waals surface area contributed by atoms with E-state index in [4.69, 9.17) is 10.6 Å². The lowest BCUT2D eigenvalue weighted by Gasteiger charge is -2.15. The predicted octanol–water partition coefficient (Wildman–Crippen LogP) is 1.32. The van der Waals surface area contributed by atoms with Gasteiger partial charge in [0.1, 0.15) is 6.61 Å². The van der Waals surface area contributed by atoms with Crippen LogP contribution in [0.4, 0.5) is 5.69 Å². The van der Waals surface area contributed by atoms with Crippen molar-refractivity contribution in [1.82, 2.24) is 5.06 Å². The first-order valence-electron chi connectivity index (χ1n) is 5.03. The molecule has 2 rings (SSSR count). The molecule has 1 aliphatic rings. The van der Waals surface area contributed by atoms with Crippen LogP contribution in [0, 0.1) is 0 Å². The molecule has 0 bridgehead atoms. The summed E-state index contributed by atoms with van der Waals surface area (Å²) in [6.07, 6.45) is 1.48. The molecular formula is C11H14N2O2. The number of benzene rings is 1. The second-order valence-electron chi connectivity index (χ2n) is 3.62. The van der Waals surface area contributed by atoms with E-state index < -0.39 is 0 Å². The number of nitrogens with two attached hydrogens (primary N) is 1. The zero-order chi connectivity index (χ0) is 10.7. The van der Waals surface area contributed by atoms with Gasteiger partial charge in [0.2, 0.25) is 5.91 Å². The Morgan fingerprint density at radius 1 is 1.47 bits per heavy atom. The van der Waals surface area contributed by atoms with Gasteiger partial charge < -0.3 is 5.73 Å². The SMILES string of the molecule is Nc1cccc(CON2CCCC2=O)c1. The van der Waals surface area contributed by atoms with E-state index in [-0.39, 0.29) is 5.91 Å². The average molecular weight is 206 g/mol. The number of amides is 1. The van der Waals surface area contributed by atoms with Crippen LogP contribution in [0.2, 0.25) is 0 Å². The molecule has 1 amide bonds. The Kier molecular flexibility index (Phi) is 2.87. The first kappa shape index (κ1) is 9.98. The highest BCUT2D eigenvalue weighted by molar-refractivity contribution is 5.76. The van der Waals surface area contributed by atoms with E-state index in [1.165, 1.54) is 5.06 Å². The van der Waals surface area contributed by atoms with Crippen LogP contribution in [-0.4, -0.2) is 17.5 Å². The van der Waals surface area contributed by atoms with Crippen molar-refractivity contribution < 1.29 is 9.63 Å². The Balaban J connectivity index is 1.90. The molecule has 0 saturated carbocycles. The number of anilines is 1. The van der Waals surface area contributed by atoms with Crippen molar-refractivity contribution in [3.63, 3.8) is 0 Å². The molecule has 0 unspecified atom stereocenters. The predicted molar refractivity (Wildman–Crippen MR) is 56.6 cm³/mol. The maximum Gasteiger partial charge on any atom is 0.246 e. The van der Waals surface area contributed by atoms with Crippen molar-refractivity contribution in [3.8, 4) is 0 Å². The van der Waals surface area contributed by atoms with Crippen molar-refractivity contribution in [3.05, 3.63) is 29.8 Å². The maximum absolute atomic E-state index is 11.2.